The minimum atomic E-state index is 0. The van der Waals surface area contributed by atoms with E-state index in [1.54, 1.807) is 0 Å². The molecular formula is C4H11BO. The van der Waals surface area contributed by atoms with Gasteiger partial charge in [0, 0.05) is 13.2 Å². The van der Waals surface area contributed by atoms with Crippen LogP contribution in [0.1, 0.15) is 12.8 Å². The van der Waals surface area contributed by atoms with Crippen molar-refractivity contribution in [3.8, 4) is 0 Å². The van der Waals surface area contributed by atoms with E-state index in [0.29, 0.717) is 0 Å². The SMILES string of the molecule is B.C1CCOC1. The molecule has 0 N–H and O–H groups in total. The number of hydrogen-bond acceptors (Lipinski definition) is 1. The summed E-state index contributed by atoms with van der Waals surface area (Å²) in [6, 6.07) is 0. The molecule has 0 atom stereocenters. The lowest BCUT2D eigenvalue weighted by Crippen LogP contribution is -1.74. The Morgan fingerprint density at radius 1 is 1.00 bits per heavy atom. The molecular weight excluding hydrogens is 74.9 g/mol. The quantitative estimate of drug-likeness (QED) is 0.365. The summed E-state index contributed by atoms with van der Waals surface area (Å²) in [7, 11) is 0. The molecule has 1 aliphatic heterocycles. The van der Waals surface area contributed by atoms with Gasteiger partial charge in [-0.1, -0.05) is 0 Å². The minimum Gasteiger partial charge on any atom is -0.381 e. The molecule has 1 aliphatic rings. The van der Waals surface area contributed by atoms with Crippen molar-refractivity contribution in [2.24, 2.45) is 0 Å². The van der Waals surface area contributed by atoms with E-state index >= 15 is 0 Å². The van der Waals surface area contributed by atoms with E-state index < -0.39 is 0 Å². The third-order valence-corrected chi connectivity index (χ3v) is 0.827. The molecule has 0 bridgehead atoms. The Morgan fingerprint density at radius 3 is 1.67 bits per heavy atom. The van der Waals surface area contributed by atoms with Crippen molar-refractivity contribution in [1.82, 2.24) is 0 Å². The number of hydrogen-bond donors (Lipinski definition) is 0. The first-order valence-electron chi connectivity index (χ1n) is 2.08. The molecule has 36 valence electrons. The van der Waals surface area contributed by atoms with Crippen molar-refractivity contribution >= 4 is 8.41 Å². The average molecular weight is 85.9 g/mol. The topological polar surface area (TPSA) is 9.23 Å². The van der Waals surface area contributed by atoms with Crippen LogP contribution >= 0.6 is 0 Å². The van der Waals surface area contributed by atoms with Gasteiger partial charge < -0.3 is 4.74 Å². The molecule has 0 unspecified atom stereocenters. The highest BCUT2D eigenvalue weighted by molar-refractivity contribution is 5.75. The summed E-state index contributed by atoms with van der Waals surface area (Å²) in [5.74, 6) is 0. The van der Waals surface area contributed by atoms with Crippen LogP contribution < -0.4 is 0 Å². The van der Waals surface area contributed by atoms with Crippen LogP contribution in [0.5, 0.6) is 0 Å². The van der Waals surface area contributed by atoms with Crippen LogP contribution in [-0.2, 0) is 4.74 Å². The van der Waals surface area contributed by atoms with Crippen LogP contribution in [0.3, 0.4) is 0 Å². The molecule has 0 aliphatic carbocycles. The molecule has 1 nitrogen and oxygen atoms in total. The Balaban J connectivity index is 0.000000250. The lowest BCUT2D eigenvalue weighted by Gasteiger charge is -1.76. The van der Waals surface area contributed by atoms with Gasteiger partial charge in [-0.2, -0.15) is 0 Å². The number of rotatable bonds is 0. The molecule has 0 saturated carbocycles. The third-order valence-electron chi connectivity index (χ3n) is 0.827. The minimum absolute atomic E-state index is 0. The zero-order chi connectivity index (χ0) is 3.54. The Hall–Kier alpha value is 0.0249. The fraction of sp³-hybridized carbons (Fsp3) is 1.00. The lowest BCUT2D eigenvalue weighted by atomic mass is 10.4. The molecule has 0 amide bonds. The molecule has 0 radical (unpaired) electrons. The Morgan fingerprint density at radius 2 is 1.50 bits per heavy atom. The first kappa shape index (κ1) is 6.02. The highest BCUT2D eigenvalue weighted by atomic mass is 16.5. The predicted octanol–water partition coefficient (Wildman–Crippen LogP) is -0.387. The maximum atomic E-state index is 4.94. The summed E-state index contributed by atoms with van der Waals surface area (Å²) >= 11 is 0. The molecule has 2 heteroatoms. The molecule has 1 rings (SSSR count). The zero-order valence-corrected chi connectivity index (χ0v) is 3.24. The lowest BCUT2D eigenvalue weighted by molar-refractivity contribution is 0.198. The maximum Gasteiger partial charge on any atom is 0.0814 e. The van der Waals surface area contributed by atoms with Crippen molar-refractivity contribution in [2.75, 3.05) is 13.2 Å². The monoisotopic (exact) mass is 86.1 g/mol. The summed E-state index contributed by atoms with van der Waals surface area (Å²) in [5.41, 5.74) is 0. The van der Waals surface area contributed by atoms with E-state index in [2.05, 4.69) is 0 Å². The molecule has 0 aromatic carbocycles. The fourth-order valence-corrected chi connectivity index (χ4v) is 0.510. The van der Waals surface area contributed by atoms with E-state index in [1.165, 1.54) is 12.8 Å². The van der Waals surface area contributed by atoms with Crippen LogP contribution in [0.2, 0.25) is 0 Å². The predicted molar refractivity (Wildman–Crippen MR) is 30.0 cm³/mol. The van der Waals surface area contributed by atoms with Gasteiger partial charge in [0.25, 0.3) is 0 Å². The van der Waals surface area contributed by atoms with Gasteiger partial charge >= 0.3 is 0 Å². The second-order valence-electron chi connectivity index (χ2n) is 1.32. The first-order chi connectivity index (χ1) is 2.50. The molecule has 1 heterocycles. The molecule has 1 saturated heterocycles. The van der Waals surface area contributed by atoms with Gasteiger partial charge in [0.15, 0.2) is 0 Å². The first-order valence-corrected chi connectivity index (χ1v) is 2.08. The summed E-state index contributed by atoms with van der Waals surface area (Å²) < 4.78 is 4.94. The van der Waals surface area contributed by atoms with Gasteiger partial charge in [0.1, 0.15) is 0 Å². The van der Waals surface area contributed by atoms with E-state index in [0.717, 1.165) is 13.2 Å². The summed E-state index contributed by atoms with van der Waals surface area (Å²) in [6.45, 7) is 2.00. The van der Waals surface area contributed by atoms with Crippen molar-refractivity contribution in [2.45, 2.75) is 12.8 Å². The maximum absolute atomic E-state index is 4.94. The van der Waals surface area contributed by atoms with Gasteiger partial charge in [0.05, 0.1) is 8.41 Å². The van der Waals surface area contributed by atoms with Crippen molar-refractivity contribution < 1.29 is 4.74 Å². The Bertz CT molecular complexity index is 19.1. The second kappa shape index (κ2) is 3.22. The van der Waals surface area contributed by atoms with Gasteiger partial charge in [-0.25, -0.2) is 0 Å². The largest absolute Gasteiger partial charge is 0.381 e. The third kappa shape index (κ3) is 1.46. The van der Waals surface area contributed by atoms with E-state index in [4.69, 9.17) is 4.74 Å². The molecule has 1 fully saturated rings. The van der Waals surface area contributed by atoms with E-state index in [1.807, 2.05) is 0 Å². The van der Waals surface area contributed by atoms with Crippen LogP contribution in [0, 0.1) is 0 Å². The molecule has 6 heavy (non-hydrogen) atoms. The van der Waals surface area contributed by atoms with Crippen LogP contribution in [-0.4, -0.2) is 21.6 Å². The number of ether oxygens (including phenoxy) is 1. The summed E-state index contributed by atoms with van der Waals surface area (Å²) in [5, 5.41) is 0. The van der Waals surface area contributed by atoms with Crippen LogP contribution in [0.15, 0.2) is 0 Å². The molecule has 0 aromatic rings. The van der Waals surface area contributed by atoms with Gasteiger partial charge in [-0.15, -0.1) is 0 Å². The molecule has 0 spiro atoms. The smallest absolute Gasteiger partial charge is 0.0814 e. The highest BCUT2D eigenvalue weighted by Crippen LogP contribution is 1.98. The fourth-order valence-electron chi connectivity index (χ4n) is 0.510. The van der Waals surface area contributed by atoms with Gasteiger partial charge in [0.2, 0.25) is 0 Å². The van der Waals surface area contributed by atoms with Crippen molar-refractivity contribution in [1.29, 1.82) is 0 Å². The van der Waals surface area contributed by atoms with Gasteiger partial charge in [-0.05, 0) is 12.8 Å². The van der Waals surface area contributed by atoms with Crippen molar-refractivity contribution in [3.63, 3.8) is 0 Å². The Labute approximate surface area is 40.3 Å². The normalized spacial score (nSPS) is 20.0. The van der Waals surface area contributed by atoms with Crippen LogP contribution in [0.4, 0.5) is 0 Å². The molecule has 0 aromatic heterocycles. The Kier molecular flexibility index (Phi) is 3.24. The summed E-state index contributed by atoms with van der Waals surface area (Å²) in [6.07, 6.45) is 2.56. The summed E-state index contributed by atoms with van der Waals surface area (Å²) in [4.78, 5) is 0. The van der Waals surface area contributed by atoms with Gasteiger partial charge in [-0.3, -0.25) is 0 Å². The van der Waals surface area contributed by atoms with Crippen LogP contribution in [0.25, 0.3) is 0 Å². The average Bonchev–Trinajstić information content (AvgIpc) is 1.76. The zero-order valence-electron chi connectivity index (χ0n) is 3.24. The standard InChI is InChI=1S/C4H8O.BH3/c1-2-4-5-3-1;/h1-4H2;1H3. The van der Waals surface area contributed by atoms with E-state index in [-0.39, 0.29) is 8.41 Å². The second-order valence-corrected chi connectivity index (χ2v) is 1.32. The van der Waals surface area contributed by atoms with Crippen molar-refractivity contribution in [3.05, 3.63) is 0 Å². The van der Waals surface area contributed by atoms with E-state index in [9.17, 15) is 0 Å². The highest BCUT2D eigenvalue weighted by Gasteiger charge is 1.94.